The maximum Gasteiger partial charge on any atom is 0.416 e. The molecule has 0 aliphatic rings. The first-order chi connectivity index (χ1) is 15.7. The Balaban J connectivity index is 0.000000322. The number of nitrogens with one attached hydrogen (secondary N) is 1. The Morgan fingerprint density at radius 1 is 1.09 bits per heavy atom. The number of halogens is 4. The molecule has 176 valence electrons. The summed E-state index contributed by atoms with van der Waals surface area (Å²) in [5.41, 5.74) is 0.331. The first-order valence-electron chi connectivity index (χ1n) is 9.82. The van der Waals surface area contributed by atoms with E-state index in [1.165, 1.54) is 24.4 Å². The molecule has 0 unspecified atom stereocenters. The Kier molecular flexibility index (Phi) is 10.8. The number of aromatic nitrogens is 1. The van der Waals surface area contributed by atoms with E-state index in [1.807, 2.05) is 13.8 Å². The molecule has 0 spiro atoms. The van der Waals surface area contributed by atoms with E-state index in [1.54, 1.807) is 13.1 Å². The quantitative estimate of drug-likeness (QED) is 0.214. The van der Waals surface area contributed by atoms with Crippen LogP contribution in [-0.2, 0) is 12.7 Å². The number of benzene rings is 2. The van der Waals surface area contributed by atoms with Crippen LogP contribution in [-0.4, -0.2) is 23.2 Å². The van der Waals surface area contributed by atoms with E-state index in [-0.39, 0.29) is 16.9 Å². The highest BCUT2D eigenvalue weighted by molar-refractivity contribution is 5.79. The summed E-state index contributed by atoms with van der Waals surface area (Å²) in [5, 5.41) is 13.6. The molecule has 0 radical (unpaired) electrons. The lowest BCUT2D eigenvalue weighted by molar-refractivity contribution is -0.384. The Bertz CT molecular complexity index is 1070. The summed E-state index contributed by atoms with van der Waals surface area (Å²) in [6.45, 7) is 4.45. The molecule has 1 aromatic heterocycles. The van der Waals surface area contributed by atoms with Gasteiger partial charge in [0.05, 0.1) is 21.7 Å². The molecule has 0 amide bonds. The fourth-order valence-electron chi connectivity index (χ4n) is 2.60. The minimum atomic E-state index is -4.25. The second-order valence-electron chi connectivity index (χ2n) is 6.24. The van der Waals surface area contributed by atoms with E-state index >= 15 is 0 Å². The van der Waals surface area contributed by atoms with E-state index in [9.17, 15) is 32.5 Å². The van der Waals surface area contributed by atoms with Crippen molar-refractivity contribution in [3.63, 3.8) is 0 Å². The van der Waals surface area contributed by atoms with Crippen molar-refractivity contribution < 1.29 is 27.3 Å². The fraction of sp³-hybridized carbons (Fsp3) is 0.217. The molecule has 0 aliphatic carbocycles. The van der Waals surface area contributed by atoms with Crippen molar-refractivity contribution in [2.24, 2.45) is 0 Å². The van der Waals surface area contributed by atoms with Crippen LogP contribution in [0.5, 0.6) is 0 Å². The zero-order valence-corrected chi connectivity index (χ0v) is 18.2. The average molecular weight is 465 g/mol. The molecule has 0 atom stereocenters. The second kappa shape index (κ2) is 13.0. The van der Waals surface area contributed by atoms with Crippen LogP contribution in [0.4, 0.5) is 23.2 Å². The molecular weight excluding hydrogens is 442 g/mol. The van der Waals surface area contributed by atoms with Gasteiger partial charge in [0.2, 0.25) is 0 Å². The Morgan fingerprint density at radius 3 is 2.36 bits per heavy atom. The number of carbonyl (C=O) groups is 1. The van der Waals surface area contributed by atoms with Gasteiger partial charge in [-0.05, 0) is 42.9 Å². The predicted octanol–water partition coefficient (Wildman–Crippen LogP) is 6.06. The molecule has 0 saturated heterocycles. The lowest BCUT2D eigenvalue weighted by atomic mass is 10.1. The number of carbonyl (C=O) groups excluding carboxylic acids is 1. The van der Waals surface area contributed by atoms with Gasteiger partial charge in [0.25, 0.3) is 5.69 Å². The molecule has 1 heterocycles. The normalized spacial score (nSPS) is 10.3. The summed E-state index contributed by atoms with van der Waals surface area (Å²) in [7, 11) is 1.69. The summed E-state index contributed by atoms with van der Waals surface area (Å²) in [6, 6.07) is 11.2. The molecule has 2 aromatic carbocycles. The molecule has 0 saturated carbocycles. The van der Waals surface area contributed by atoms with Gasteiger partial charge >= 0.3 is 6.18 Å². The van der Waals surface area contributed by atoms with Crippen LogP contribution in [0.25, 0.3) is 11.3 Å². The minimum Gasteiger partial charge on any atom is -0.316 e. The standard InChI is InChI=1S/C12H7FN2O3.C9H10F3N.C2H6/c13-9-1-2-12(15(17)18)10(6-9)11-5-8(7-16)3-4-14-11;1-13-6-7-3-2-4-8(5-7)9(10,11)12;1-2/h1-7H;2-5,13H,6H2,1H3;1-2H3. The third-order valence-electron chi connectivity index (χ3n) is 3.99. The number of rotatable bonds is 5. The van der Waals surface area contributed by atoms with Gasteiger partial charge in [-0.25, -0.2) is 4.39 Å². The summed E-state index contributed by atoms with van der Waals surface area (Å²) in [4.78, 5) is 24.8. The van der Waals surface area contributed by atoms with Crippen LogP contribution in [0, 0.1) is 15.9 Å². The second-order valence-corrected chi connectivity index (χ2v) is 6.24. The maximum atomic E-state index is 13.2. The van der Waals surface area contributed by atoms with Crippen LogP contribution < -0.4 is 5.32 Å². The van der Waals surface area contributed by atoms with Gasteiger partial charge in [-0.1, -0.05) is 32.0 Å². The molecule has 3 aromatic rings. The van der Waals surface area contributed by atoms with Crippen LogP contribution >= 0.6 is 0 Å². The molecule has 0 fully saturated rings. The summed E-state index contributed by atoms with van der Waals surface area (Å²) < 4.78 is 49.7. The van der Waals surface area contributed by atoms with Crippen molar-refractivity contribution in [3.8, 4) is 11.3 Å². The number of aldehydes is 1. The maximum absolute atomic E-state index is 13.2. The van der Waals surface area contributed by atoms with Crippen LogP contribution in [0.1, 0.15) is 35.3 Å². The van der Waals surface area contributed by atoms with Gasteiger partial charge in [0.1, 0.15) is 12.1 Å². The zero-order valence-electron chi connectivity index (χ0n) is 18.2. The number of nitrogens with zero attached hydrogens (tertiary/aromatic N) is 2. The van der Waals surface area contributed by atoms with Crippen LogP contribution in [0.2, 0.25) is 0 Å². The first-order valence-corrected chi connectivity index (χ1v) is 9.82. The summed E-state index contributed by atoms with van der Waals surface area (Å²) in [5.74, 6) is -0.603. The molecule has 0 bridgehead atoms. The average Bonchev–Trinajstić information content (AvgIpc) is 2.80. The van der Waals surface area contributed by atoms with Gasteiger partial charge in [-0.15, -0.1) is 0 Å². The van der Waals surface area contributed by atoms with Gasteiger partial charge < -0.3 is 5.32 Å². The van der Waals surface area contributed by atoms with E-state index < -0.39 is 22.5 Å². The lowest BCUT2D eigenvalue weighted by Crippen LogP contribution is -2.08. The highest BCUT2D eigenvalue weighted by Gasteiger charge is 2.30. The molecule has 33 heavy (non-hydrogen) atoms. The van der Waals surface area contributed by atoms with E-state index in [2.05, 4.69) is 10.3 Å². The largest absolute Gasteiger partial charge is 0.416 e. The number of pyridine rings is 1. The molecule has 3 rings (SSSR count). The zero-order chi connectivity index (χ0) is 25.0. The molecule has 0 aliphatic heterocycles. The fourth-order valence-corrected chi connectivity index (χ4v) is 2.60. The van der Waals surface area contributed by atoms with Crippen molar-refractivity contribution in [1.29, 1.82) is 0 Å². The van der Waals surface area contributed by atoms with Crippen molar-refractivity contribution >= 4 is 12.0 Å². The third-order valence-corrected chi connectivity index (χ3v) is 3.99. The molecular formula is C23H23F4N3O3. The highest BCUT2D eigenvalue weighted by atomic mass is 19.4. The first kappa shape index (κ1) is 27.4. The van der Waals surface area contributed by atoms with Crippen molar-refractivity contribution in [1.82, 2.24) is 10.3 Å². The number of alkyl halides is 3. The van der Waals surface area contributed by atoms with E-state index in [0.29, 0.717) is 24.0 Å². The van der Waals surface area contributed by atoms with Crippen molar-refractivity contribution in [2.75, 3.05) is 7.05 Å². The van der Waals surface area contributed by atoms with Crippen LogP contribution in [0.15, 0.2) is 60.8 Å². The predicted molar refractivity (Wildman–Crippen MR) is 117 cm³/mol. The third kappa shape index (κ3) is 8.41. The Labute approximate surface area is 188 Å². The van der Waals surface area contributed by atoms with Gasteiger partial charge in [-0.2, -0.15) is 13.2 Å². The minimum absolute atomic E-state index is 0.0451. The van der Waals surface area contributed by atoms with Gasteiger partial charge in [0, 0.05) is 24.4 Å². The van der Waals surface area contributed by atoms with Crippen molar-refractivity contribution in [2.45, 2.75) is 26.6 Å². The molecule has 6 nitrogen and oxygen atoms in total. The summed E-state index contributed by atoms with van der Waals surface area (Å²) >= 11 is 0. The Hall–Kier alpha value is -3.66. The number of nitro groups is 1. The monoisotopic (exact) mass is 465 g/mol. The lowest BCUT2D eigenvalue weighted by Gasteiger charge is -2.07. The summed E-state index contributed by atoms with van der Waals surface area (Å²) in [6.07, 6.45) is -2.31. The topological polar surface area (TPSA) is 85.1 Å². The van der Waals surface area contributed by atoms with E-state index in [0.717, 1.165) is 30.3 Å². The van der Waals surface area contributed by atoms with E-state index in [4.69, 9.17) is 0 Å². The van der Waals surface area contributed by atoms with Crippen LogP contribution in [0.3, 0.4) is 0 Å². The van der Waals surface area contributed by atoms with Crippen molar-refractivity contribution in [3.05, 3.63) is 93.4 Å². The van der Waals surface area contributed by atoms with Gasteiger partial charge in [0.15, 0.2) is 0 Å². The number of nitro benzene ring substituents is 1. The number of hydrogen-bond acceptors (Lipinski definition) is 5. The Morgan fingerprint density at radius 2 is 1.79 bits per heavy atom. The molecule has 1 N–H and O–H groups in total. The molecule has 10 heteroatoms. The SMILES string of the molecule is CC.CNCc1cccc(C(F)(F)F)c1.O=Cc1ccnc(-c2cc(F)ccc2[N+](=O)[O-])c1. The highest BCUT2D eigenvalue weighted by Crippen LogP contribution is 2.30. The smallest absolute Gasteiger partial charge is 0.316 e. The number of hydrogen-bond donors (Lipinski definition) is 1. The van der Waals surface area contributed by atoms with Gasteiger partial charge in [-0.3, -0.25) is 19.9 Å².